The minimum atomic E-state index is -0.935. The predicted octanol–water partition coefficient (Wildman–Crippen LogP) is 2.37. The fraction of sp³-hybridized carbons (Fsp3) is 0.812. The van der Waals surface area contributed by atoms with Gasteiger partial charge in [-0.15, -0.1) is 0 Å². The molecule has 0 aliphatic heterocycles. The van der Waals surface area contributed by atoms with E-state index in [0.29, 0.717) is 37.4 Å². The van der Waals surface area contributed by atoms with Crippen LogP contribution < -0.4 is 5.32 Å². The number of nitrogens with zero attached hydrogens (tertiary/aromatic N) is 2. The van der Waals surface area contributed by atoms with Crippen LogP contribution in [-0.2, 0) is 17.6 Å². The second-order valence-corrected chi connectivity index (χ2v) is 7.30. The number of hydrogen-bond donors (Lipinski definition) is 2. The highest BCUT2D eigenvalue weighted by molar-refractivity contribution is 5.68. The number of ether oxygens (including phenoxy) is 1. The maximum atomic E-state index is 11.9. The zero-order chi connectivity index (χ0) is 17.1. The monoisotopic (exact) mass is 325 g/mol. The molecule has 0 spiro atoms. The maximum Gasteiger partial charge on any atom is 0.407 e. The number of alkyl carbamates (subject to hydrolysis) is 1. The van der Waals surface area contributed by atoms with E-state index in [1.165, 1.54) is 0 Å². The molecule has 1 aromatic heterocycles. The molecule has 1 aliphatic rings. The molecule has 1 amide bonds. The van der Waals surface area contributed by atoms with Gasteiger partial charge in [-0.1, -0.05) is 12.1 Å². The molecule has 1 heterocycles. The van der Waals surface area contributed by atoms with Crippen molar-refractivity contribution in [3.05, 3.63) is 11.7 Å². The van der Waals surface area contributed by atoms with Crippen LogP contribution in [0.1, 0.15) is 65.1 Å². The summed E-state index contributed by atoms with van der Waals surface area (Å²) >= 11 is 0. The van der Waals surface area contributed by atoms with E-state index in [9.17, 15) is 9.90 Å². The third kappa shape index (κ3) is 5.49. The van der Waals surface area contributed by atoms with Crippen molar-refractivity contribution < 1.29 is 19.2 Å². The highest BCUT2D eigenvalue weighted by atomic mass is 16.6. The fourth-order valence-corrected chi connectivity index (χ4v) is 2.89. The van der Waals surface area contributed by atoms with Crippen LogP contribution in [0.5, 0.6) is 0 Å². The zero-order valence-corrected chi connectivity index (χ0v) is 14.4. The fourth-order valence-electron chi connectivity index (χ4n) is 2.89. The third-order valence-corrected chi connectivity index (χ3v) is 3.85. The lowest BCUT2D eigenvalue weighted by Gasteiger charge is -2.36. The topological polar surface area (TPSA) is 97.5 Å². The zero-order valence-electron chi connectivity index (χ0n) is 14.4. The van der Waals surface area contributed by atoms with Crippen LogP contribution in [-0.4, -0.2) is 38.6 Å². The van der Waals surface area contributed by atoms with Gasteiger partial charge in [0.05, 0.1) is 12.0 Å². The Hall–Kier alpha value is -1.63. The SMILES string of the molecule is CCc1noc(C[C@]2(O)CCC[C@H](NC(=O)OC(C)(C)C)C2)n1. The quantitative estimate of drug-likeness (QED) is 0.882. The van der Waals surface area contributed by atoms with Crippen molar-refractivity contribution in [3.63, 3.8) is 0 Å². The largest absolute Gasteiger partial charge is 0.444 e. The highest BCUT2D eigenvalue weighted by Crippen LogP contribution is 2.31. The van der Waals surface area contributed by atoms with Crippen LogP contribution in [0.15, 0.2) is 4.52 Å². The number of amides is 1. The summed E-state index contributed by atoms with van der Waals surface area (Å²) in [6.45, 7) is 7.42. The molecule has 7 heteroatoms. The molecular weight excluding hydrogens is 298 g/mol. The van der Waals surface area contributed by atoms with Gasteiger partial charge in [0.15, 0.2) is 5.82 Å². The molecule has 0 saturated heterocycles. The van der Waals surface area contributed by atoms with E-state index in [1.54, 1.807) is 0 Å². The van der Waals surface area contributed by atoms with Crippen molar-refractivity contribution in [3.8, 4) is 0 Å². The molecule has 1 aliphatic carbocycles. The van der Waals surface area contributed by atoms with Crippen LogP contribution in [0.3, 0.4) is 0 Å². The Kier molecular flexibility index (Phi) is 5.29. The summed E-state index contributed by atoms with van der Waals surface area (Å²) < 4.78 is 10.4. The highest BCUT2D eigenvalue weighted by Gasteiger charge is 2.37. The Morgan fingerprint density at radius 1 is 1.52 bits per heavy atom. The van der Waals surface area contributed by atoms with Crippen molar-refractivity contribution in [2.45, 2.75) is 83.5 Å². The molecule has 0 aromatic carbocycles. The Morgan fingerprint density at radius 3 is 2.87 bits per heavy atom. The van der Waals surface area contributed by atoms with Gasteiger partial charge in [-0.25, -0.2) is 4.79 Å². The average molecular weight is 325 g/mol. The first-order valence-electron chi connectivity index (χ1n) is 8.22. The summed E-state index contributed by atoms with van der Waals surface area (Å²) in [6, 6.07) is -0.114. The normalized spacial score (nSPS) is 25.2. The predicted molar refractivity (Wildman–Crippen MR) is 84.0 cm³/mol. The van der Waals surface area contributed by atoms with Gasteiger partial charge in [0.2, 0.25) is 5.89 Å². The Balaban J connectivity index is 1.92. The molecule has 0 unspecified atom stereocenters. The van der Waals surface area contributed by atoms with Crippen molar-refractivity contribution in [1.82, 2.24) is 15.5 Å². The second kappa shape index (κ2) is 6.86. The van der Waals surface area contributed by atoms with Gasteiger partial charge in [-0.2, -0.15) is 4.98 Å². The van der Waals surface area contributed by atoms with Gasteiger partial charge in [0, 0.05) is 12.5 Å². The summed E-state index contributed by atoms with van der Waals surface area (Å²) in [5, 5.41) is 17.5. The van der Waals surface area contributed by atoms with Crippen molar-refractivity contribution in [2.75, 3.05) is 0 Å². The summed E-state index contributed by atoms with van der Waals surface area (Å²) in [5.74, 6) is 1.09. The Labute approximate surface area is 136 Å². The Bertz CT molecular complexity index is 538. The van der Waals surface area contributed by atoms with Crippen molar-refractivity contribution >= 4 is 6.09 Å². The molecule has 7 nitrogen and oxygen atoms in total. The van der Waals surface area contributed by atoms with Gasteiger partial charge in [-0.3, -0.25) is 0 Å². The summed E-state index contributed by atoms with van der Waals surface area (Å²) in [7, 11) is 0. The molecule has 1 saturated carbocycles. The maximum absolute atomic E-state index is 11.9. The van der Waals surface area contributed by atoms with Crippen LogP contribution in [0.4, 0.5) is 4.79 Å². The van der Waals surface area contributed by atoms with Gasteiger partial charge in [0.1, 0.15) is 5.60 Å². The number of carbonyl (C=O) groups excluding carboxylic acids is 1. The average Bonchev–Trinajstić information content (AvgIpc) is 2.83. The lowest BCUT2D eigenvalue weighted by atomic mass is 9.79. The number of rotatable bonds is 4. The number of aliphatic hydroxyl groups is 1. The summed E-state index contributed by atoms with van der Waals surface area (Å²) in [6.07, 6.45) is 3.33. The first kappa shape index (κ1) is 17.7. The number of aromatic nitrogens is 2. The summed E-state index contributed by atoms with van der Waals surface area (Å²) in [4.78, 5) is 16.1. The third-order valence-electron chi connectivity index (χ3n) is 3.85. The second-order valence-electron chi connectivity index (χ2n) is 7.30. The van der Waals surface area contributed by atoms with E-state index in [1.807, 2.05) is 27.7 Å². The number of hydrogen-bond acceptors (Lipinski definition) is 6. The van der Waals surface area contributed by atoms with Crippen LogP contribution >= 0.6 is 0 Å². The first-order valence-corrected chi connectivity index (χ1v) is 8.22. The molecule has 1 aromatic rings. The van der Waals surface area contributed by atoms with E-state index in [2.05, 4.69) is 15.5 Å². The van der Waals surface area contributed by atoms with Gasteiger partial charge in [-0.05, 0) is 46.5 Å². The molecule has 130 valence electrons. The first-order chi connectivity index (χ1) is 10.7. The minimum absolute atomic E-state index is 0.114. The van der Waals surface area contributed by atoms with E-state index in [0.717, 1.165) is 12.8 Å². The van der Waals surface area contributed by atoms with Gasteiger partial charge in [0.25, 0.3) is 0 Å². The van der Waals surface area contributed by atoms with Crippen LogP contribution in [0, 0.1) is 0 Å². The number of carbonyl (C=O) groups is 1. The van der Waals surface area contributed by atoms with E-state index < -0.39 is 17.3 Å². The van der Waals surface area contributed by atoms with Crippen molar-refractivity contribution in [2.24, 2.45) is 0 Å². The number of nitrogens with one attached hydrogen (secondary N) is 1. The molecule has 2 rings (SSSR count). The van der Waals surface area contributed by atoms with Gasteiger partial charge < -0.3 is 19.7 Å². The lowest BCUT2D eigenvalue weighted by Crippen LogP contribution is -2.48. The van der Waals surface area contributed by atoms with E-state index in [-0.39, 0.29) is 6.04 Å². The van der Waals surface area contributed by atoms with Crippen LogP contribution in [0.2, 0.25) is 0 Å². The molecular formula is C16H27N3O4. The molecule has 0 radical (unpaired) electrons. The smallest absolute Gasteiger partial charge is 0.407 e. The molecule has 1 fully saturated rings. The molecule has 0 bridgehead atoms. The summed E-state index contributed by atoms with van der Waals surface area (Å²) in [5.41, 5.74) is -1.47. The van der Waals surface area contributed by atoms with Gasteiger partial charge >= 0.3 is 6.09 Å². The lowest BCUT2D eigenvalue weighted by molar-refractivity contribution is -0.0149. The Morgan fingerprint density at radius 2 is 2.26 bits per heavy atom. The minimum Gasteiger partial charge on any atom is -0.444 e. The standard InChI is InChI=1S/C16H27N3O4/c1-5-12-18-13(23-19-12)10-16(21)8-6-7-11(9-16)17-14(20)22-15(2,3)4/h11,21H,5-10H2,1-4H3,(H,17,20)/t11-,16-/m0/s1. The van der Waals surface area contributed by atoms with E-state index >= 15 is 0 Å². The molecule has 2 atom stereocenters. The molecule has 23 heavy (non-hydrogen) atoms. The van der Waals surface area contributed by atoms with E-state index in [4.69, 9.17) is 9.26 Å². The van der Waals surface area contributed by atoms with Crippen LogP contribution in [0.25, 0.3) is 0 Å². The van der Waals surface area contributed by atoms with Crippen molar-refractivity contribution in [1.29, 1.82) is 0 Å². The number of aryl methyl sites for hydroxylation is 1. The molecule has 2 N–H and O–H groups in total.